The summed E-state index contributed by atoms with van der Waals surface area (Å²) in [6, 6.07) is 6.20. The molecule has 0 spiro atoms. The van der Waals surface area contributed by atoms with Crippen molar-refractivity contribution in [1.29, 1.82) is 0 Å². The number of benzene rings is 1. The van der Waals surface area contributed by atoms with Gasteiger partial charge in [-0.3, -0.25) is 0 Å². The van der Waals surface area contributed by atoms with Crippen molar-refractivity contribution in [1.82, 2.24) is 4.98 Å². The molecule has 0 amide bonds. The Morgan fingerprint density at radius 3 is 2.31 bits per heavy atom. The van der Waals surface area contributed by atoms with Gasteiger partial charge in [0, 0.05) is 11.6 Å². The third kappa shape index (κ3) is 8.99. The van der Waals surface area contributed by atoms with E-state index in [0.717, 1.165) is 6.07 Å². The Morgan fingerprint density at radius 2 is 1.72 bits per heavy atom. The average Bonchev–Trinajstić information content (AvgIpc) is 2.70. The first kappa shape index (κ1) is 26.5. The van der Waals surface area contributed by atoms with Crippen molar-refractivity contribution in [2.75, 3.05) is 19.8 Å². The van der Waals surface area contributed by atoms with Crippen molar-refractivity contribution in [2.45, 2.75) is 25.4 Å². The maximum atomic E-state index is 12.8. The molecule has 1 heterocycles. The zero-order valence-corrected chi connectivity index (χ0v) is 19.4. The number of pyridine rings is 1. The predicted octanol–water partition coefficient (Wildman–Crippen LogP) is 7.74. The lowest BCUT2D eigenvalue weighted by atomic mass is 10.2. The van der Waals surface area contributed by atoms with E-state index < -0.39 is 29.7 Å². The molecule has 0 unspecified atom stereocenters. The van der Waals surface area contributed by atoms with E-state index in [0.29, 0.717) is 41.5 Å². The van der Waals surface area contributed by atoms with Crippen molar-refractivity contribution in [3.8, 4) is 17.4 Å². The van der Waals surface area contributed by atoms with E-state index in [1.165, 1.54) is 6.08 Å². The Kier molecular flexibility index (Phi) is 10.3. The van der Waals surface area contributed by atoms with Crippen molar-refractivity contribution >= 4 is 39.1 Å². The summed E-state index contributed by atoms with van der Waals surface area (Å²) in [6.45, 7) is 0.491. The largest absolute Gasteiger partial charge is 0.492 e. The van der Waals surface area contributed by atoms with Crippen molar-refractivity contribution in [3.63, 3.8) is 0 Å². The second-order valence-electron chi connectivity index (χ2n) is 6.22. The second-order valence-corrected chi connectivity index (χ2v) is 8.09. The van der Waals surface area contributed by atoms with Crippen LogP contribution in [0.2, 0.25) is 0 Å². The van der Waals surface area contributed by atoms with E-state index >= 15 is 0 Å². The highest BCUT2D eigenvalue weighted by Gasteiger charge is 2.34. The second kappa shape index (κ2) is 12.5. The third-order valence-electron chi connectivity index (χ3n) is 3.80. The molecule has 0 N–H and O–H groups in total. The van der Waals surface area contributed by atoms with Crippen molar-refractivity contribution in [2.24, 2.45) is 0 Å². The number of aromatic nitrogens is 1. The highest BCUT2D eigenvalue weighted by molar-refractivity contribution is 9.10. The minimum absolute atomic E-state index is 0.00898. The zero-order valence-electron chi connectivity index (χ0n) is 16.3. The van der Waals surface area contributed by atoms with Gasteiger partial charge in [0.15, 0.2) is 0 Å². The molecular formula is C20H17BrCl2F5NO3. The molecule has 0 aliphatic heterocycles. The van der Waals surface area contributed by atoms with E-state index in [-0.39, 0.29) is 17.7 Å². The molecule has 2 rings (SSSR count). The number of hydrogen-bond donors (Lipinski definition) is 0. The van der Waals surface area contributed by atoms with Crippen LogP contribution in [-0.4, -0.2) is 24.8 Å². The van der Waals surface area contributed by atoms with Crippen LogP contribution < -0.4 is 14.2 Å². The first-order chi connectivity index (χ1) is 15.1. The standard InChI is InChI=1S/C20H17BrCl2F5NO3/c21-14-11-13(30-8-5-17(22)23)3-4-15(14)31-6-1-2-7-32-18-10-12(19(24)25)9-16(29-18)20(26,27)28/h3-5,9-11,19H,1-2,6-8H2. The molecule has 4 nitrogen and oxygen atoms in total. The summed E-state index contributed by atoms with van der Waals surface area (Å²) in [5.41, 5.74) is -2.22. The van der Waals surface area contributed by atoms with E-state index in [4.69, 9.17) is 37.4 Å². The van der Waals surface area contributed by atoms with Gasteiger partial charge in [-0.15, -0.1) is 0 Å². The number of ether oxygens (including phenoxy) is 3. The van der Waals surface area contributed by atoms with Crippen molar-refractivity contribution in [3.05, 3.63) is 56.6 Å². The lowest BCUT2D eigenvalue weighted by molar-refractivity contribution is -0.141. The van der Waals surface area contributed by atoms with Crippen LogP contribution in [0.5, 0.6) is 17.4 Å². The molecular weight excluding hydrogens is 548 g/mol. The van der Waals surface area contributed by atoms with Gasteiger partial charge in [-0.25, -0.2) is 13.8 Å². The van der Waals surface area contributed by atoms with Crippen LogP contribution in [0, 0.1) is 0 Å². The number of halogens is 8. The summed E-state index contributed by atoms with van der Waals surface area (Å²) in [5, 5.41) is 0. The van der Waals surface area contributed by atoms with Crippen LogP contribution in [0.25, 0.3) is 0 Å². The van der Waals surface area contributed by atoms with Gasteiger partial charge in [-0.2, -0.15) is 13.2 Å². The quantitative estimate of drug-likeness (QED) is 0.207. The van der Waals surface area contributed by atoms with Crippen LogP contribution in [0.4, 0.5) is 22.0 Å². The number of rotatable bonds is 11. The summed E-state index contributed by atoms with van der Waals surface area (Å²) in [4.78, 5) is 3.26. The number of hydrogen-bond acceptors (Lipinski definition) is 4. The minimum Gasteiger partial charge on any atom is -0.492 e. The maximum absolute atomic E-state index is 12.8. The molecule has 0 bridgehead atoms. The van der Waals surface area contributed by atoms with Gasteiger partial charge in [0.25, 0.3) is 6.43 Å². The molecule has 2 aromatic rings. The van der Waals surface area contributed by atoms with Gasteiger partial charge >= 0.3 is 6.18 Å². The van der Waals surface area contributed by atoms with Gasteiger partial charge in [-0.1, -0.05) is 23.2 Å². The van der Waals surface area contributed by atoms with Gasteiger partial charge < -0.3 is 14.2 Å². The minimum atomic E-state index is -4.85. The summed E-state index contributed by atoms with van der Waals surface area (Å²) in [6.07, 6.45) is -5.51. The van der Waals surface area contributed by atoms with Gasteiger partial charge in [-0.05, 0) is 59.1 Å². The summed E-state index contributed by atoms with van der Waals surface area (Å²) in [7, 11) is 0. The molecule has 12 heteroatoms. The van der Waals surface area contributed by atoms with E-state index in [1.54, 1.807) is 18.2 Å². The Morgan fingerprint density at radius 1 is 1.03 bits per heavy atom. The molecule has 1 aromatic heterocycles. The Bertz CT molecular complexity index is 925. The van der Waals surface area contributed by atoms with E-state index in [1.807, 2.05) is 0 Å². The van der Waals surface area contributed by atoms with Crippen LogP contribution in [0.15, 0.2) is 45.4 Å². The fourth-order valence-corrected chi connectivity index (χ4v) is 2.92. The first-order valence-corrected chi connectivity index (χ1v) is 10.7. The monoisotopic (exact) mass is 563 g/mol. The molecule has 0 aliphatic rings. The van der Waals surface area contributed by atoms with Crippen LogP contribution in [-0.2, 0) is 6.18 Å². The number of nitrogens with zero attached hydrogens (tertiary/aromatic N) is 1. The topological polar surface area (TPSA) is 40.6 Å². The third-order valence-corrected chi connectivity index (χ3v) is 4.73. The molecule has 0 saturated carbocycles. The predicted molar refractivity (Wildman–Crippen MR) is 114 cm³/mol. The highest BCUT2D eigenvalue weighted by Crippen LogP contribution is 2.33. The summed E-state index contributed by atoms with van der Waals surface area (Å²) >= 11 is 14.4. The first-order valence-electron chi connectivity index (χ1n) is 9.12. The molecule has 176 valence electrons. The molecule has 0 saturated heterocycles. The molecule has 32 heavy (non-hydrogen) atoms. The van der Waals surface area contributed by atoms with E-state index in [9.17, 15) is 22.0 Å². The van der Waals surface area contributed by atoms with E-state index in [2.05, 4.69) is 20.9 Å². The zero-order chi connectivity index (χ0) is 23.7. The highest BCUT2D eigenvalue weighted by atomic mass is 79.9. The number of alkyl halides is 5. The van der Waals surface area contributed by atoms with Gasteiger partial charge in [0.1, 0.15) is 28.3 Å². The molecule has 0 radical (unpaired) electrons. The summed E-state index contributed by atoms with van der Waals surface area (Å²) < 4.78 is 81.0. The molecule has 0 atom stereocenters. The molecule has 0 fully saturated rings. The lowest BCUT2D eigenvalue weighted by Crippen LogP contribution is -2.11. The maximum Gasteiger partial charge on any atom is 0.433 e. The SMILES string of the molecule is FC(F)c1cc(OCCCCOc2ccc(OCC=C(Cl)Cl)cc2Br)nc(C(F)(F)F)c1. The Balaban J connectivity index is 1.79. The number of unbranched alkanes of at least 4 members (excludes halogenated alkanes) is 1. The Hall–Kier alpha value is -1.78. The fourth-order valence-electron chi connectivity index (χ4n) is 2.32. The lowest BCUT2D eigenvalue weighted by Gasteiger charge is -2.12. The van der Waals surface area contributed by atoms with Crippen LogP contribution in [0.3, 0.4) is 0 Å². The van der Waals surface area contributed by atoms with Crippen molar-refractivity contribution < 1.29 is 36.2 Å². The normalized spacial score (nSPS) is 11.4. The average molecular weight is 565 g/mol. The molecule has 1 aromatic carbocycles. The Labute approximate surface area is 199 Å². The summed E-state index contributed by atoms with van der Waals surface area (Å²) in [5.74, 6) is 0.630. The van der Waals surface area contributed by atoms with Crippen LogP contribution >= 0.6 is 39.1 Å². The van der Waals surface area contributed by atoms with Crippen LogP contribution in [0.1, 0.15) is 30.5 Å². The van der Waals surface area contributed by atoms with Gasteiger partial charge in [0.05, 0.1) is 17.7 Å². The van der Waals surface area contributed by atoms with Gasteiger partial charge in [0.2, 0.25) is 5.88 Å². The smallest absolute Gasteiger partial charge is 0.433 e. The molecule has 0 aliphatic carbocycles. The fraction of sp³-hybridized carbons (Fsp3) is 0.350.